The molecule has 1 aromatic carbocycles. The highest BCUT2D eigenvalue weighted by Crippen LogP contribution is 2.34. The lowest BCUT2D eigenvalue weighted by Gasteiger charge is -2.31. The molecule has 0 amide bonds. The van der Waals surface area contributed by atoms with E-state index in [0.717, 1.165) is 31.9 Å². The van der Waals surface area contributed by atoms with Crippen LogP contribution in [0.5, 0.6) is 0 Å². The SMILES string of the molecule is CCC(CC)Cn1ncc(-c2ccc(N3CCc4cccc(C)c4C3)nc2C(C)C)c1C. The lowest BCUT2D eigenvalue weighted by molar-refractivity contribution is 0.391. The van der Waals surface area contributed by atoms with Crippen LogP contribution in [0.15, 0.2) is 36.5 Å². The Morgan fingerprint density at radius 1 is 1.00 bits per heavy atom. The Kier molecular flexibility index (Phi) is 6.68. The van der Waals surface area contributed by atoms with E-state index in [0.29, 0.717) is 11.8 Å². The van der Waals surface area contributed by atoms with E-state index in [4.69, 9.17) is 10.1 Å². The number of benzene rings is 1. The molecule has 1 aliphatic heterocycles. The summed E-state index contributed by atoms with van der Waals surface area (Å²) in [5.41, 5.74) is 9.20. The predicted molar refractivity (Wildman–Crippen MR) is 134 cm³/mol. The maximum absolute atomic E-state index is 5.21. The van der Waals surface area contributed by atoms with Crippen molar-refractivity contribution in [3.05, 3.63) is 64.6 Å². The normalized spacial score (nSPS) is 13.8. The number of pyridine rings is 1. The molecule has 3 aromatic rings. The zero-order chi connectivity index (χ0) is 22.8. The van der Waals surface area contributed by atoms with Gasteiger partial charge >= 0.3 is 0 Å². The van der Waals surface area contributed by atoms with Crippen LogP contribution >= 0.6 is 0 Å². The van der Waals surface area contributed by atoms with Gasteiger partial charge in [-0.15, -0.1) is 0 Å². The highest BCUT2D eigenvalue weighted by Gasteiger charge is 2.22. The van der Waals surface area contributed by atoms with Crippen molar-refractivity contribution in [3.8, 4) is 11.1 Å². The van der Waals surface area contributed by atoms with Crippen LogP contribution < -0.4 is 4.90 Å². The minimum absolute atomic E-state index is 0.352. The Morgan fingerprint density at radius 2 is 1.78 bits per heavy atom. The topological polar surface area (TPSA) is 34.0 Å². The summed E-state index contributed by atoms with van der Waals surface area (Å²) in [5, 5.41) is 4.75. The third-order valence-electron chi connectivity index (χ3n) is 7.27. The first-order chi connectivity index (χ1) is 15.4. The number of fused-ring (bicyclic) bond motifs is 1. The molecule has 170 valence electrons. The van der Waals surface area contributed by atoms with Crippen LogP contribution in [0.3, 0.4) is 0 Å². The van der Waals surface area contributed by atoms with Crippen LogP contribution in [0.4, 0.5) is 5.82 Å². The summed E-state index contributed by atoms with van der Waals surface area (Å²) >= 11 is 0. The molecule has 0 N–H and O–H groups in total. The minimum Gasteiger partial charge on any atom is -0.352 e. The molecule has 0 radical (unpaired) electrons. The van der Waals surface area contributed by atoms with Crippen molar-refractivity contribution >= 4 is 5.82 Å². The van der Waals surface area contributed by atoms with E-state index in [9.17, 15) is 0 Å². The van der Waals surface area contributed by atoms with Crippen molar-refractivity contribution in [3.63, 3.8) is 0 Å². The molecule has 0 bridgehead atoms. The van der Waals surface area contributed by atoms with Crippen molar-refractivity contribution in [1.82, 2.24) is 14.8 Å². The van der Waals surface area contributed by atoms with Gasteiger partial charge in [0.15, 0.2) is 0 Å². The Bertz CT molecular complexity index is 1080. The van der Waals surface area contributed by atoms with Gasteiger partial charge in [0, 0.05) is 36.5 Å². The van der Waals surface area contributed by atoms with Gasteiger partial charge in [0.05, 0.1) is 11.9 Å². The van der Waals surface area contributed by atoms with Crippen LogP contribution in [-0.2, 0) is 19.5 Å². The van der Waals surface area contributed by atoms with E-state index in [-0.39, 0.29) is 0 Å². The second kappa shape index (κ2) is 9.48. The summed E-state index contributed by atoms with van der Waals surface area (Å²) < 4.78 is 2.19. The summed E-state index contributed by atoms with van der Waals surface area (Å²) in [5.74, 6) is 2.12. The molecule has 1 aliphatic rings. The van der Waals surface area contributed by atoms with Gasteiger partial charge in [0.2, 0.25) is 0 Å². The number of anilines is 1. The fraction of sp³-hybridized carbons (Fsp3) is 0.500. The van der Waals surface area contributed by atoms with Gasteiger partial charge < -0.3 is 4.90 Å². The van der Waals surface area contributed by atoms with Crippen molar-refractivity contribution in [2.24, 2.45) is 5.92 Å². The maximum Gasteiger partial charge on any atom is 0.129 e. The van der Waals surface area contributed by atoms with Gasteiger partial charge in [-0.05, 0) is 60.9 Å². The number of aromatic nitrogens is 3. The van der Waals surface area contributed by atoms with Gasteiger partial charge in [-0.1, -0.05) is 58.7 Å². The van der Waals surface area contributed by atoms with Gasteiger partial charge in [-0.3, -0.25) is 4.68 Å². The Balaban J connectivity index is 1.65. The summed E-state index contributed by atoms with van der Waals surface area (Å²) in [6.45, 7) is 16.4. The van der Waals surface area contributed by atoms with Crippen LogP contribution in [0.2, 0.25) is 0 Å². The lowest BCUT2D eigenvalue weighted by atomic mass is 9.95. The van der Waals surface area contributed by atoms with E-state index in [1.807, 2.05) is 6.20 Å². The number of hydrogen-bond acceptors (Lipinski definition) is 3. The largest absolute Gasteiger partial charge is 0.352 e. The average molecular weight is 431 g/mol. The van der Waals surface area contributed by atoms with Crippen molar-refractivity contribution < 1.29 is 0 Å². The van der Waals surface area contributed by atoms with Gasteiger partial charge in [-0.2, -0.15) is 5.10 Å². The highest BCUT2D eigenvalue weighted by molar-refractivity contribution is 5.70. The molecule has 32 heavy (non-hydrogen) atoms. The predicted octanol–water partition coefficient (Wildman–Crippen LogP) is 6.68. The summed E-state index contributed by atoms with van der Waals surface area (Å²) in [4.78, 5) is 7.65. The number of rotatable bonds is 7. The van der Waals surface area contributed by atoms with Crippen LogP contribution in [0.25, 0.3) is 11.1 Å². The quantitative estimate of drug-likeness (QED) is 0.419. The van der Waals surface area contributed by atoms with Crippen LogP contribution in [-0.4, -0.2) is 21.3 Å². The monoisotopic (exact) mass is 430 g/mol. The van der Waals surface area contributed by atoms with E-state index in [1.165, 1.54) is 52.0 Å². The molecule has 0 saturated carbocycles. The molecular weight excluding hydrogens is 392 g/mol. The highest BCUT2D eigenvalue weighted by atomic mass is 15.3. The maximum atomic E-state index is 5.21. The third kappa shape index (κ3) is 4.32. The van der Waals surface area contributed by atoms with E-state index in [2.05, 4.69) is 81.5 Å². The van der Waals surface area contributed by atoms with E-state index < -0.39 is 0 Å². The minimum atomic E-state index is 0.352. The number of hydrogen-bond donors (Lipinski definition) is 0. The molecule has 0 fully saturated rings. The standard InChI is InChI=1S/C28H38N4/c1-7-22(8-2)17-32-21(6)25(16-29-32)24-12-13-27(30-28(24)19(3)4)31-15-14-23-11-9-10-20(5)26(23)18-31/h9-13,16,19,22H,7-8,14-15,17-18H2,1-6H3. The van der Waals surface area contributed by atoms with Gasteiger partial charge in [0.1, 0.15) is 5.82 Å². The molecule has 4 rings (SSSR count). The second-order valence-corrected chi connectivity index (χ2v) is 9.65. The van der Waals surface area contributed by atoms with Crippen molar-refractivity contribution in [1.29, 1.82) is 0 Å². The summed E-state index contributed by atoms with van der Waals surface area (Å²) in [6, 6.07) is 11.2. The number of aryl methyl sites for hydroxylation is 1. The summed E-state index contributed by atoms with van der Waals surface area (Å²) in [7, 11) is 0. The first-order valence-corrected chi connectivity index (χ1v) is 12.3. The Labute approximate surface area is 193 Å². The fourth-order valence-corrected chi connectivity index (χ4v) is 4.94. The van der Waals surface area contributed by atoms with Crippen LogP contribution in [0.1, 0.15) is 74.5 Å². The van der Waals surface area contributed by atoms with Crippen molar-refractivity contribution in [2.75, 3.05) is 11.4 Å². The Morgan fingerprint density at radius 3 is 2.50 bits per heavy atom. The second-order valence-electron chi connectivity index (χ2n) is 9.65. The molecule has 0 saturated heterocycles. The zero-order valence-corrected chi connectivity index (χ0v) is 20.7. The van der Waals surface area contributed by atoms with Gasteiger partial charge in [0.25, 0.3) is 0 Å². The van der Waals surface area contributed by atoms with Gasteiger partial charge in [-0.25, -0.2) is 4.98 Å². The fourth-order valence-electron chi connectivity index (χ4n) is 4.94. The molecule has 4 nitrogen and oxygen atoms in total. The summed E-state index contributed by atoms with van der Waals surface area (Å²) in [6.07, 6.45) is 5.51. The van der Waals surface area contributed by atoms with E-state index >= 15 is 0 Å². The van der Waals surface area contributed by atoms with Crippen LogP contribution in [0, 0.1) is 19.8 Å². The zero-order valence-electron chi connectivity index (χ0n) is 20.7. The molecule has 0 aliphatic carbocycles. The molecular formula is C28H38N4. The first kappa shape index (κ1) is 22.6. The molecule has 0 spiro atoms. The molecule has 4 heteroatoms. The molecule has 3 heterocycles. The van der Waals surface area contributed by atoms with E-state index in [1.54, 1.807) is 0 Å². The average Bonchev–Trinajstić information content (AvgIpc) is 3.16. The lowest BCUT2D eigenvalue weighted by Crippen LogP contribution is -2.31. The number of nitrogens with zero attached hydrogens (tertiary/aromatic N) is 4. The third-order valence-corrected chi connectivity index (χ3v) is 7.27. The Hall–Kier alpha value is -2.62. The first-order valence-electron chi connectivity index (χ1n) is 12.3. The smallest absolute Gasteiger partial charge is 0.129 e. The molecule has 0 atom stereocenters. The van der Waals surface area contributed by atoms with Crippen molar-refractivity contribution in [2.45, 2.75) is 79.8 Å². The molecule has 0 unspecified atom stereocenters. The molecule has 2 aromatic heterocycles.